The van der Waals surface area contributed by atoms with Crippen molar-refractivity contribution in [2.45, 2.75) is 13.8 Å². The van der Waals surface area contributed by atoms with E-state index in [1.165, 1.54) is 0 Å². The number of carbonyl (C=O) groups is 3. The van der Waals surface area contributed by atoms with Gasteiger partial charge in [0.15, 0.2) is 0 Å². The molecule has 2 aromatic rings. The molecule has 0 bridgehead atoms. The number of nitrogens with zero attached hydrogens (tertiary/aromatic N) is 1. The lowest BCUT2D eigenvalue weighted by Gasteiger charge is -2.13. The number of thioether (sulfide) groups is 1. The molecule has 24 heavy (non-hydrogen) atoms. The van der Waals surface area contributed by atoms with E-state index in [9.17, 15) is 14.4 Å². The second-order valence-corrected chi connectivity index (χ2v) is 6.62. The minimum Gasteiger partial charge on any atom is -0.324 e. The van der Waals surface area contributed by atoms with Crippen LogP contribution in [-0.4, -0.2) is 28.5 Å². The summed E-state index contributed by atoms with van der Waals surface area (Å²) >= 11 is 0.878. The second kappa shape index (κ2) is 6.49. The van der Waals surface area contributed by atoms with Crippen molar-refractivity contribution >= 4 is 45.3 Å². The summed E-state index contributed by atoms with van der Waals surface area (Å²) in [4.78, 5) is 37.8. The van der Waals surface area contributed by atoms with Crippen LogP contribution < -0.4 is 5.32 Å². The highest BCUT2D eigenvalue weighted by Crippen LogP contribution is 2.32. The molecule has 0 saturated carbocycles. The Morgan fingerprint density at radius 3 is 2.50 bits per heavy atom. The van der Waals surface area contributed by atoms with E-state index < -0.39 is 17.1 Å². The van der Waals surface area contributed by atoms with Gasteiger partial charge in [-0.3, -0.25) is 19.3 Å². The molecule has 5 nitrogen and oxygen atoms in total. The molecule has 0 aromatic heterocycles. The molecule has 1 N–H and O–H groups in total. The third-order valence-electron chi connectivity index (χ3n) is 3.67. The van der Waals surface area contributed by atoms with Crippen molar-refractivity contribution in [3.05, 3.63) is 52.9 Å². The molecular weight excluding hydrogens is 324 g/mol. The van der Waals surface area contributed by atoms with E-state index in [0.29, 0.717) is 10.6 Å². The summed E-state index contributed by atoms with van der Waals surface area (Å²) in [5, 5.41) is 4.29. The van der Waals surface area contributed by atoms with Gasteiger partial charge in [-0.25, -0.2) is 0 Å². The fourth-order valence-corrected chi connectivity index (χ4v) is 3.35. The number of allylic oxidation sites excluding steroid dienone is 1. The number of carbonyl (C=O) groups excluding carboxylic acids is 3. The fourth-order valence-electron chi connectivity index (χ4n) is 2.51. The van der Waals surface area contributed by atoms with Gasteiger partial charge in [0.2, 0.25) is 5.91 Å². The number of imide groups is 1. The van der Waals surface area contributed by atoms with Crippen LogP contribution in [-0.2, 0) is 9.59 Å². The minimum absolute atomic E-state index is 0.287. The number of hydrogen-bond acceptors (Lipinski definition) is 4. The molecule has 1 aliphatic rings. The minimum atomic E-state index is -0.413. The predicted molar refractivity (Wildman–Crippen MR) is 95.7 cm³/mol. The third kappa shape index (κ3) is 3.05. The van der Waals surface area contributed by atoms with Crippen LogP contribution in [0.5, 0.6) is 0 Å². The van der Waals surface area contributed by atoms with Gasteiger partial charge >= 0.3 is 0 Å². The maximum atomic E-state index is 12.3. The summed E-state index contributed by atoms with van der Waals surface area (Å²) in [6, 6.07) is 13.3. The number of anilines is 1. The Morgan fingerprint density at radius 2 is 1.79 bits per heavy atom. The van der Waals surface area contributed by atoms with E-state index in [1.54, 1.807) is 19.9 Å². The smallest absolute Gasteiger partial charge is 0.294 e. The molecule has 0 radical (unpaired) electrons. The van der Waals surface area contributed by atoms with Crippen molar-refractivity contribution in [1.82, 2.24) is 4.90 Å². The van der Waals surface area contributed by atoms with Crippen molar-refractivity contribution in [2.75, 3.05) is 11.9 Å². The van der Waals surface area contributed by atoms with Crippen molar-refractivity contribution < 1.29 is 14.4 Å². The number of nitrogens with one attached hydrogen (secondary N) is 1. The van der Waals surface area contributed by atoms with E-state index in [4.69, 9.17) is 0 Å². The van der Waals surface area contributed by atoms with Crippen LogP contribution >= 0.6 is 11.8 Å². The summed E-state index contributed by atoms with van der Waals surface area (Å²) in [6.07, 6.45) is 0. The lowest BCUT2D eigenvalue weighted by Crippen LogP contribution is -2.36. The van der Waals surface area contributed by atoms with Gasteiger partial charge < -0.3 is 5.32 Å². The zero-order valence-corrected chi connectivity index (χ0v) is 14.1. The number of rotatable bonds is 3. The standard InChI is InChI=1S/C18H16N2O3S/c1-11(2)16-17(22)20(18(23)24-16)10-15(21)19-14-9-5-7-12-6-3-4-8-13(12)14/h3-9H,10H2,1-2H3,(H,19,21). The summed E-state index contributed by atoms with van der Waals surface area (Å²) in [5.41, 5.74) is 1.43. The first kappa shape index (κ1) is 16.3. The van der Waals surface area contributed by atoms with Gasteiger partial charge in [0, 0.05) is 11.1 Å². The van der Waals surface area contributed by atoms with Gasteiger partial charge in [-0.2, -0.15) is 0 Å². The van der Waals surface area contributed by atoms with Crippen LogP contribution in [0.2, 0.25) is 0 Å². The normalized spacial score (nSPS) is 14.4. The highest BCUT2D eigenvalue weighted by atomic mass is 32.2. The number of hydrogen-bond donors (Lipinski definition) is 1. The second-order valence-electron chi connectivity index (χ2n) is 5.66. The van der Waals surface area contributed by atoms with Crippen molar-refractivity contribution in [2.24, 2.45) is 0 Å². The zero-order chi connectivity index (χ0) is 17.3. The zero-order valence-electron chi connectivity index (χ0n) is 13.3. The highest BCUT2D eigenvalue weighted by Gasteiger charge is 2.36. The molecule has 122 valence electrons. The molecule has 0 aliphatic carbocycles. The van der Waals surface area contributed by atoms with E-state index in [1.807, 2.05) is 36.4 Å². The fraction of sp³-hybridized carbons (Fsp3) is 0.167. The molecule has 2 aromatic carbocycles. The Balaban J connectivity index is 1.78. The van der Waals surface area contributed by atoms with Crippen LogP contribution in [0.15, 0.2) is 52.9 Å². The lowest BCUT2D eigenvalue weighted by atomic mass is 10.1. The Kier molecular flexibility index (Phi) is 4.40. The van der Waals surface area contributed by atoms with Crippen LogP contribution in [0.4, 0.5) is 10.5 Å². The third-order valence-corrected chi connectivity index (χ3v) is 4.85. The van der Waals surface area contributed by atoms with Gasteiger partial charge in [-0.05, 0) is 37.1 Å². The van der Waals surface area contributed by atoms with Crippen LogP contribution in [0.25, 0.3) is 10.8 Å². The van der Waals surface area contributed by atoms with E-state index >= 15 is 0 Å². The Morgan fingerprint density at radius 1 is 1.08 bits per heavy atom. The molecule has 1 fully saturated rings. The maximum absolute atomic E-state index is 12.3. The van der Waals surface area contributed by atoms with Gasteiger partial charge in [0.1, 0.15) is 6.54 Å². The Labute approximate surface area is 143 Å². The molecule has 0 atom stereocenters. The first-order valence-corrected chi connectivity index (χ1v) is 8.28. The molecule has 3 amide bonds. The van der Waals surface area contributed by atoms with E-state index in [0.717, 1.165) is 33.0 Å². The molecule has 0 spiro atoms. The van der Waals surface area contributed by atoms with Gasteiger partial charge in [-0.15, -0.1) is 0 Å². The first-order chi connectivity index (χ1) is 11.5. The number of fused-ring (bicyclic) bond motifs is 1. The quantitative estimate of drug-likeness (QED) is 0.864. The SMILES string of the molecule is CC(C)=C1SC(=O)N(CC(=O)Nc2cccc3ccccc23)C1=O. The molecule has 1 aliphatic heterocycles. The molecule has 1 saturated heterocycles. The first-order valence-electron chi connectivity index (χ1n) is 7.46. The molecule has 0 unspecified atom stereocenters. The average molecular weight is 340 g/mol. The van der Waals surface area contributed by atoms with Crippen molar-refractivity contribution in [1.29, 1.82) is 0 Å². The highest BCUT2D eigenvalue weighted by molar-refractivity contribution is 8.18. The summed E-state index contributed by atoms with van der Waals surface area (Å²) in [5.74, 6) is -0.804. The molecule has 6 heteroatoms. The summed E-state index contributed by atoms with van der Waals surface area (Å²) < 4.78 is 0. The Bertz CT molecular complexity index is 879. The summed E-state index contributed by atoms with van der Waals surface area (Å²) in [7, 11) is 0. The van der Waals surface area contributed by atoms with Crippen LogP contribution in [0, 0.1) is 0 Å². The average Bonchev–Trinajstić information content (AvgIpc) is 2.83. The maximum Gasteiger partial charge on any atom is 0.294 e. The Hall–Kier alpha value is -2.60. The molecule has 3 rings (SSSR count). The summed E-state index contributed by atoms with van der Waals surface area (Å²) in [6.45, 7) is 3.26. The van der Waals surface area contributed by atoms with Crippen molar-refractivity contribution in [3.63, 3.8) is 0 Å². The lowest BCUT2D eigenvalue weighted by molar-refractivity contribution is -0.127. The predicted octanol–water partition coefficient (Wildman–Crippen LogP) is 3.77. The van der Waals surface area contributed by atoms with E-state index in [2.05, 4.69) is 5.32 Å². The van der Waals surface area contributed by atoms with Crippen molar-refractivity contribution in [3.8, 4) is 0 Å². The van der Waals surface area contributed by atoms with E-state index in [-0.39, 0.29) is 6.54 Å². The molecular formula is C18H16N2O3S. The number of amides is 3. The van der Waals surface area contributed by atoms with Crippen LogP contribution in [0.1, 0.15) is 13.8 Å². The van der Waals surface area contributed by atoms with Gasteiger partial charge in [-0.1, -0.05) is 42.0 Å². The topological polar surface area (TPSA) is 66.5 Å². The van der Waals surface area contributed by atoms with Gasteiger partial charge in [0.05, 0.1) is 4.91 Å². The number of benzene rings is 2. The largest absolute Gasteiger partial charge is 0.324 e. The van der Waals surface area contributed by atoms with Gasteiger partial charge in [0.25, 0.3) is 11.1 Å². The van der Waals surface area contributed by atoms with Crippen LogP contribution in [0.3, 0.4) is 0 Å². The monoisotopic (exact) mass is 340 g/mol. The molecule has 1 heterocycles.